The summed E-state index contributed by atoms with van der Waals surface area (Å²) >= 11 is 0. The molecule has 0 spiro atoms. The van der Waals surface area contributed by atoms with Crippen molar-refractivity contribution >= 4 is 11.6 Å². The lowest BCUT2D eigenvalue weighted by Gasteiger charge is -2.14. The summed E-state index contributed by atoms with van der Waals surface area (Å²) in [7, 11) is 1.49. The predicted molar refractivity (Wildman–Crippen MR) is 112 cm³/mol. The number of nitrogens with one attached hydrogen (secondary N) is 1. The quantitative estimate of drug-likeness (QED) is 0.653. The molecule has 7 heteroatoms. The summed E-state index contributed by atoms with van der Waals surface area (Å²) in [6.07, 6.45) is 3.65. The summed E-state index contributed by atoms with van der Waals surface area (Å²) < 4.78 is 7.58. The molecule has 7 nitrogen and oxygen atoms in total. The average Bonchev–Trinajstić information content (AvgIpc) is 2.73. The van der Waals surface area contributed by atoms with E-state index in [9.17, 15) is 14.4 Å². The van der Waals surface area contributed by atoms with Gasteiger partial charge in [0.05, 0.1) is 12.8 Å². The fraction of sp³-hybridized carbons (Fsp3) is 0.227. The maximum Gasteiger partial charge on any atom is 0.321 e. The van der Waals surface area contributed by atoms with Gasteiger partial charge in [-0.05, 0) is 36.6 Å². The Morgan fingerprint density at radius 2 is 1.79 bits per heavy atom. The maximum atomic E-state index is 12.6. The predicted octanol–water partition coefficient (Wildman–Crippen LogP) is 2.52. The van der Waals surface area contributed by atoms with Crippen LogP contribution in [0.3, 0.4) is 0 Å². The fourth-order valence-electron chi connectivity index (χ4n) is 3.19. The van der Waals surface area contributed by atoms with Crippen molar-refractivity contribution in [1.29, 1.82) is 0 Å². The fourth-order valence-corrected chi connectivity index (χ4v) is 3.19. The molecule has 0 radical (unpaired) electrons. The van der Waals surface area contributed by atoms with Crippen molar-refractivity contribution in [3.05, 3.63) is 86.7 Å². The minimum absolute atomic E-state index is 0.252. The molecule has 2 aromatic carbocycles. The Bertz CT molecular complexity index is 1160. The molecule has 0 bridgehead atoms. The van der Waals surface area contributed by atoms with E-state index < -0.39 is 11.1 Å². The molecule has 3 aromatic rings. The number of hydrogen-bond acceptors (Lipinski definition) is 4. The molecule has 0 aliphatic heterocycles. The number of ether oxygens (including phenoxy) is 1. The van der Waals surface area contributed by atoms with Crippen LogP contribution in [-0.4, -0.2) is 22.2 Å². The van der Waals surface area contributed by atoms with E-state index in [-0.39, 0.29) is 12.5 Å². The largest absolute Gasteiger partial charge is 0.495 e. The molecular formula is C22H23N3O4. The molecule has 3 rings (SSSR count). The molecule has 1 heterocycles. The van der Waals surface area contributed by atoms with Crippen LogP contribution in [0, 0.1) is 6.92 Å². The Labute approximate surface area is 168 Å². The molecule has 150 valence electrons. The van der Waals surface area contributed by atoms with Gasteiger partial charge in [-0.25, -0.2) is 0 Å². The summed E-state index contributed by atoms with van der Waals surface area (Å²) in [5, 5.41) is 2.86. The Kier molecular flexibility index (Phi) is 5.97. The number of anilines is 1. The van der Waals surface area contributed by atoms with Crippen LogP contribution in [0.4, 0.5) is 5.69 Å². The van der Waals surface area contributed by atoms with E-state index in [0.717, 1.165) is 27.8 Å². The second-order valence-electron chi connectivity index (χ2n) is 6.59. The Morgan fingerprint density at radius 3 is 2.52 bits per heavy atom. The summed E-state index contributed by atoms with van der Waals surface area (Å²) in [5.41, 5.74) is 1.62. The van der Waals surface area contributed by atoms with Crippen molar-refractivity contribution in [2.75, 3.05) is 12.4 Å². The molecule has 0 aliphatic rings. The lowest BCUT2D eigenvalue weighted by Crippen LogP contribution is -2.41. The van der Waals surface area contributed by atoms with E-state index >= 15 is 0 Å². The highest BCUT2D eigenvalue weighted by Crippen LogP contribution is 2.21. The van der Waals surface area contributed by atoms with Crippen molar-refractivity contribution in [1.82, 2.24) is 9.13 Å². The van der Waals surface area contributed by atoms with Crippen molar-refractivity contribution in [2.45, 2.75) is 26.8 Å². The van der Waals surface area contributed by atoms with Crippen molar-refractivity contribution in [2.24, 2.45) is 0 Å². The smallest absolute Gasteiger partial charge is 0.321 e. The number of nitrogens with zero attached hydrogens (tertiary/aromatic N) is 2. The third-order valence-electron chi connectivity index (χ3n) is 4.72. The number of amides is 1. The SMILES string of the molecule is CCc1cccc(C)c1NC(=O)Cn1ccn(-c2ccccc2OC)c(=O)c1=O. The van der Waals surface area contributed by atoms with Crippen LogP contribution in [0.5, 0.6) is 5.75 Å². The molecule has 0 fully saturated rings. The second-order valence-corrected chi connectivity index (χ2v) is 6.59. The van der Waals surface area contributed by atoms with Crippen LogP contribution < -0.4 is 21.2 Å². The summed E-state index contributed by atoms with van der Waals surface area (Å²) in [6, 6.07) is 12.7. The average molecular weight is 393 g/mol. The van der Waals surface area contributed by atoms with E-state index in [0.29, 0.717) is 11.4 Å². The normalized spacial score (nSPS) is 10.6. The molecule has 1 amide bonds. The van der Waals surface area contributed by atoms with Crippen LogP contribution in [0.15, 0.2) is 64.4 Å². The van der Waals surface area contributed by atoms with Crippen LogP contribution in [0.25, 0.3) is 5.69 Å². The monoisotopic (exact) mass is 393 g/mol. The molecule has 29 heavy (non-hydrogen) atoms. The van der Waals surface area contributed by atoms with E-state index in [1.54, 1.807) is 24.3 Å². The van der Waals surface area contributed by atoms with Gasteiger partial charge in [0.15, 0.2) is 0 Å². The molecule has 0 saturated heterocycles. The molecule has 0 aliphatic carbocycles. The molecule has 1 N–H and O–H groups in total. The molecular weight excluding hydrogens is 370 g/mol. The van der Waals surface area contributed by atoms with E-state index in [2.05, 4.69) is 5.32 Å². The molecule has 1 aromatic heterocycles. The Morgan fingerprint density at radius 1 is 1.03 bits per heavy atom. The van der Waals surface area contributed by atoms with E-state index in [1.807, 2.05) is 32.0 Å². The van der Waals surface area contributed by atoms with Gasteiger partial charge in [0.2, 0.25) is 5.91 Å². The number of carbonyl (C=O) groups excluding carboxylic acids is 1. The first kappa shape index (κ1) is 20.1. The highest BCUT2D eigenvalue weighted by molar-refractivity contribution is 5.92. The maximum absolute atomic E-state index is 12.6. The number of aryl methyl sites for hydroxylation is 2. The minimum atomic E-state index is -0.783. The zero-order valence-electron chi connectivity index (χ0n) is 16.6. The number of carbonyl (C=O) groups is 1. The van der Waals surface area contributed by atoms with Gasteiger partial charge in [0.25, 0.3) is 0 Å². The number of methoxy groups -OCH3 is 1. The first-order valence-corrected chi connectivity index (χ1v) is 9.30. The van der Waals surface area contributed by atoms with Gasteiger partial charge in [-0.3, -0.25) is 23.5 Å². The van der Waals surface area contributed by atoms with E-state index in [4.69, 9.17) is 4.74 Å². The highest BCUT2D eigenvalue weighted by Gasteiger charge is 2.14. The van der Waals surface area contributed by atoms with Gasteiger partial charge >= 0.3 is 11.1 Å². The summed E-state index contributed by atoms with van der Waals surface area (Å²) in [4.78, 5) is 37.7. The zero-order chi connectivity index (χ0) is 21.0. The summed E-state index contributed by atoms with van der Waals surface area (Å²) in [6.45, 7) is 3.67. The first-order valence-electron chi connectivity index (χ1n) is 9.30. The number of aromatic nitrogens is 2. The third kappa shape index (κ3) is 4.13. The van der Waals surface area contributed by atoms with Gasteiger partial charge < -0.3 is 10.1 Å². The molecule has 0 unspecified atom stereocenters. The van der Waals surface area contributed by atoms with Crippen molar-refractivity contribution in [3.8, 4) is 11.4 Å². The van der Waals surface area contributed by atoms with Crippen LogP contribution in [0.1, 0.15) is 18.1 Å². The van der Waals surface area contributed by atoms with Gasteiger partial charge in [-0.15, -0.1) is 0 Å². The highest BCUT2D eigenvalue weighted by atomic mass is 16.5. The Balaban J connectivity index is 1.88. The van der Waals surface area contributed by atoms with Gasteiger partial charge in [-0.2, -0.15) is 0 Å². The molecule has 0 atom stereocenters. The second kappa shape index (κ2) is 8.60. The number of para-hydroxylation sites is 3. The van der Waals surface area contributed by atoms with Crippen LogP contribution in [0.2, 0.25) is 0 Å². The number of hydrogen-bond donors (Lipinski definition) is 1. The van der Waals surface area contributed by atoms with Crippen LogP contribution in [-0.2, 0) is 17.8 Å². The van der Waals surface area contributed by atoms with Crippen molar-refractivity contribution in [3.63, 3.8) is 0 Å². The third-order valence-corrected chi connectivity index (χ3v) is 4.72. The standard InChI is InChI=1S/C22H23N3O4/c1-4-16-9-7-8-15(2)20(16)23-19(26)14-24-12-13-25(22(28)21(24)27)17-10-5-6-11-18(17)29-3/h5-13H,4,14H2,1-3H3,(H,23,26). The molecule has 0 saturated carbocycles. The number of rotatable bonds is 6. The summed E-state index contributed by atoms with van der Waals surface area (Å²) in [5.74, 6) is 0.0988. The topological polar surface area (TPSA) is 82.3 Å². The zero-order valence-corrected chi connectivity index (χ0v) is 16.6. The lowest BCUT2D eigenvalue weighted by atomic mass is 10.1. The first-order chi connectivity index (χ1) is 14.0. The minimum Gasteiger partial charge on any atom is -0.495 e. The van der Waals surface area contributed by atoms with Crippen LogP contribution >= 0.6 is 0 Å². The lowest BCUT2D eigenvalue weighted by molar-refractivity contribution is -0.116. The van der Waals surface area contributed by atoms with Gasteiger partial charge in [0.1, 0.15) is 12.3 Å². The Hall–Kier alpha value is -3.61. The van der Waals surface area contributed by atoms with Gasteiger partial charge in [-0.1, -0.05) is 37.3 Å². The number of benzene rings is 2. The van der Waals surface area contributed by atoms with E-state index in [1.165, 1.54) is 24.1 Å². The van der Waals surface area contributed by atoms with Gasteiger partial charge in [0, 0.05) is 18.1 Å². The van der Waals surface area contributed by atoms with Crippen molar-refractivity contribution < 1.29 is 9.53 Å².